The fourth-order valence-corrected chi connectivity index (χ4v) is 2.55. The Hall–Kier alpha value is -3.19. The molecule has 3 aromatic rings. The highest BCUT2D eigenvalue weighted by Gasteiger charge is 2.14. The number of halogens is 2. The van der Waals surface area contributed by atoms with Crippen molar-refractivity contribution in [1.82, 2.24) is 9.97 Å². The van der Waals surface area contributed by atoms with Crippen LogP contribution in [0.25, 0.3) is 10.9 Å². The van der Waals surface area contributed by atoms with Gasteiger partial charge in [0.05, 0.1) is 17.1 Å². The molecule has 0 unspecified atom stereocenters. The Balaban J connectivity index is 2.07. The first-order valence-corrected chi connectivity index (χ1v) is 8.37. The molecular weight excluding hydrogens is 373 g/mol. The molecule has 0 spiro atoms. The van der Waals surface area contributed by atoms with Gasteiger partial charge in [0.1, 0.15) is 18.0 Å². The topological polar surface area (TPSA) is 73.3 Å². The molecule has 0 amide bonds. The SMILES string of the molecule is C=CC(=O)Oc1cc2c(Nc3ccc(F)c(Cl)c3)ncnc2cc1OCC. The Morgan fingerprint density at radius 2 is 2.11 bits per heavy atom. The van der Waals surface area contributed by atoms with E-state index < -0.39 is 11.8 Å². The van der Waals surface area contributed by atoms with Gasteiger partial charge < -0.3 is 14.8 Å². The summed E-state index contributed by atoms with van der Waals surface area (Å²) in [5.41, 5.74) is 1.11. The number of nitrogens with zero attached hydrogens (tertiary/aromatic N) is 2. The van der Waals surface area contributed by atoms with Gasteiger partial charge in [-0.25, -0.2) is 19.2 Å². The number of nitrogens with one attached hydrogen (secondary N) is 1. The lowest BCUT2D eigenvalue weighted by Crippen LogP contribution is -2.06. The average molecular weight is 388 g/mol. The molecule has 1 N–H and O–H groups in total. The van der Waals surface area contributed by atoms with Crippen molar-refractivity contribution >= 4 is 40.0 Å². The zero-order valence-corrected chi connectivity index (χ0v) is 15.1. The van der Waals surface area contributed by atoms with Crippen LogP contribution in [-0.4, -0.2) is 22.5 Å². The van der Waals surface area contributed by atoms with Crippen molar-refractivity contribution in [2.24, 2.45) is 0 Å². The molecule has 138 valence electrons. The van der Waals surface area contributed by atoms with Crippen molar-refractivity contribution in [3.8, 4) is 11.5 Å². The summed E-state index contributed by atoms with van der Waals surface area (Å²) >= 11 is 5.82. The summed E-state index contributed by atoms with van der Waals surface area (Å²) in [6, 6.07) is 7.46. The zero-order valence-electron chi connectivity index (χ0n) is 14.3. The van der Waals surface area contributed by atoms with E-state index in [0.29, 0.717) is 34.8 Å². The van der Waals surface area contributed by atoms with Gasteiger partial charge in [0.15, 0.2) is 11.5 Å². The van der Waals surface area contributed by atoms with Crippen LogP contribution >= 0.6 is 11.6 Å². The van der Waals surface area contributed by atoms with E-state index in [1.54, 1.807) is 12.1 Å². The Labute approximate surface area is 159 Å². The van der Waals surface area contributed by atoms with Crippen LogP contribution in [0, 0.1) is 5.82 Å². The summed E-state index contributed by atoms with van der Waals surface area (Å²) in [6.07, 6.45) is 2.43. The van der Waals surface area contributed by atoms with Gasteiger partial charge >= 0.3 is 5.97 Å². The number of hydrogen-bond acceptors (Lipinski definition) is 6. The van der Waals surface area contributed by atoms with E-state index in [1.165, 1.54) is 24.5 Å². The largest absolute Gasteiger partial charge is 0.490 e. The Morgan fingerprint density at radius 1 is 1.30 bits per heavy atom. The van der Waals surface area contributed by atoms with Gasteiger partial charge in [0.25, 0.3) is 0 Å². The molecule has 0 aliphatic heterocycles. The summed E-state index contributed by atoms with van der Waals surface area (Å²) in [7, 11) is 0. The van der Waals surface area contributed by atoms with Crippen molar-refractivity contribution in [2.45, 2.75) is 6.92 Å². The van der Waals surface area contributed by atoms with Crippen LogP contribution in [0.5, 0.6) is 11.5 Å². The van der Waals surface area contributed by atoms with E-state index in [0.717, 1.165) is 6.08 Å². The van der Waals surface area contributed by atoms with Crippen LogP contribution in [0.3, 0.4) is 0 Å². The molecule has 0 fully saturated rings. The zero-order chi connectivity index (χ0) is 19.4. The lowest BCUT2D eigenvalue weighted by atomic mass is 10.2. The Morgan fingerprint density at radius 3 is 2.81 bits per heavy atom. The van der Waals surface area contributed by atoms with Crippen LogP contribution in [-0.2, 0) is 4.79 Å². The van der Waals surface area contributed by atoms with Crippen LogP contribution in [0.4, 0.5) is 15.9 Å². The van der Waals surface area contributed by atoms with Gasteiger partial charge in [0.2, 0.25) is 0 Å². The van der Waals surface area contributed by atoms with Gasteiger partial charge in [-0.15, -0.1) is 0 Å². The van der Waals surface area contributed by atoms with E-state index in [2.05, 4.69) is 21.9 Å². The van der Waals surface area contributed by atoms with Gasteiger partial charge in [0, 0.05) is 23.2 Å². The van der Waals surface area contributed by atoms with E-state index in [4.69, 9.17) is 21.1 Å². The molecule has 1 aromatic heterocycles. The third-order valence-corrected chi connectivity index (χ3v) is 3.85. The quantitative estimate of drug-likeness (QED) is 0.377. The molecule has 1 heterocycles. The van der Waals surface area contributed by atoms with Gasteiger partial charge in [-0.2, -0.15) is 0 Å². The maximum atomic E-state index is 13.4. The van der Waals surface area contributed by atoms with Gasteiger partial charge in [-0.3, -0.25) is 0 Å². The molecule has 0 aliphatic carbocycles. The van der Waals surface area contributed by atoms with Gasteiger partial charge in [-0.05, 0) is 31.2 Å². The Bertz CT molecular complexity index is 1030. The van der Waals surface area contributed by atoms with Crippen molar-refractivity contribution in [3.63, 3.8) is 0 Å². The molecule has 0 saturated carbocycles. The standard InChI is InChI=1S/C19H15ClFN3O3/c1-3-18(25)27-17-8-12-15(9-16(17)26-4-2)22-10-23-19(12)24-11-5-6-14(21)13(20)7-11/h3,5-10H,1,4H2,2H3,(H,22,23,24). The fraction of sp³-hybridized carbons (Fsp3) is 0.105. The van der Waals surface area contributed by atoms with Crippen LogP contribution in [0.15, 0.2) is 49.3 Å². The van der Waals surface area contributed by atoms with E-state index in [1.807, 2.05) is 6.92 Å². The lowest BCUT2D eigenvalue weighted by Gasteiger charge is -2.13. The first kappa shape index (κ1) is 18.6. The summed E-state index contributed by atoms with van der Waals surface area (Å²) in [6.45, 7) is 5.59. The van der Waals surface area contributed by atoms with Gasteiger partial charge in [-0.1, -0.05) is 18.2 Å². The highest BCUT2D eigenvalue weighted by molar-refractivity contribution is 6.31. The number of carbonyl (C=O) groups is 1. The maximum absolute atomic E-state index is 13.4. The molecule has 6 nitrogen and oxygen atoms in total. The number of benzene rings is 2. The fourth-order valence-electron chi connectivity index (χ4n) is 2.37. The second-order valence-corrected chi connectivity index (χ2v) is 5.76. The average Bonchev–Trinajstić information content (AvgIpc) is 2.66. The highest BCUT2D eigenvalue weighted by Crippen LogP contribution is 2.35. The lowest BCUT2D eigenvalue weighted by molar-refractivity contribution is -0.129. The molecule has 0 aliphatic rings. The minimum atomic E-state index is -0.619. The summed E-state index contributed by atoms with van der Waals surface area (Å²) in [5, 5.41) is 3.62. The highest BCUT2D eigenvalue weighted by atomic mass is 35.5. The molecule has 8 heteroatoms. The maximum Gasteiger partial charge on any atom is 0.335 e. The van der Waals surface area contributed by atoms with Crippen molar-refractivity contribution in [2.75, 3.05) is 11.9 Å². The predicted octanol–water partition coefficient (Wildman–Crippen LogP) is 4.66. The second-order valence-electron chi connectivity index (χ2n) is 5.35. The molecular formula is C19H15ClFN3O3. The smallest absolute Gasteiger partial charge is 0.335 e. The van der Waals surface area contributed by atoms with Crippen molar-refractivity contribution < 1.29 is 18.7 Å². The van der Waals surface area contributed by atoms with Crippen LogP contribution < -0.4 is 14.8 Å². The summed E-state index contributed by atoms with van der Waals surface area (Å²) in [5.74, 6) is -0.123. The van der Waals surface area contributed by atoms with Crippen LogP contribution in [0.1, 0.15) is 6.92 Å². The number of carbonyl (C=O) groups excluding carboxylic acids is 1. The minimum absolute atomic E-state index is 0.0161. The first-order valence-electron chi connectivity index (χ1n) is 7.99. The van der Waals surface area contributed by atoms with Crippen LogP contribution in [0.2, 0.25) is 5.02 Å². The molecule has 27 heavy (non-hydrogen) atoms. The number of ether oxygens (including phenoxy) is 2. The number of anilines is 2. The molecule has 0 saturated heterocycles. The summed E-state index contributed by atoms with van der Waals surface area (Å²) in [4.78, 5) is 20.1. The first-order chi connectivity index (χ1) is 13.0. The van der Waals surface area contributed by atoms with Crippen molar-refractivity contribution in [1.29, 1.82) is 0 Å². The number of rotatable bonds is 6. The summed E-state index contributed by atoms with van der Waals surface area (Å²) < 4.78 is 24.1. The number of esters is 1. The number of hydrogen-bond donors (Lipinski definition) is 1. The predicted molar refractivity (Wildman–Crippen MR) is 101 cm³/mol. The van der Waals surface area contributed by atoms with Crippen molar-refractivity contribution in [3.05, 3.63) is 60.2 Å². The second kappa shape index (κ2) is 8.01. The third kappa shape index (κ3) is 4.15. The molecule has 2 aromatic carbocycles. The Kier molecular flexibility index (Phi) is 5.52. The number of fused-ring (bicyclic) bond motifs is 1. The normalized spacial score (nSPS) is 10.5. The van der Waals surface area contributed by atoms with E-state index in [9.17, 15) is 9.18 Å². The molecule has 0 atom stereocenters. The molecule has 0 bridgehead atoms. The monoisotopic (exact) mass is 387 g/mol. The molecule has 3 rings (SSSR count). The number of aromatic nitrogens is 2. The third-order valence-electron chi connectivity index (χ3n) is 3.56. The molecule has 0 radical (unpaired) electrons. The minimum Gasteiger partial charge on any atom is -0.490 e. The van der Waals surface area contributed by atoms with E-state index >= 15 is 0 Å². The van der Waals surface area contributed by atoms with E-state index in [-0.39, 0.29) is 10.8 Å².